The van der Waals surface area contributed by atoms with Gasteiger partial charge < -0.3 is 14.9 Å². The Labute approximate surface area is 210 Å². The molecule has 0 unspecified atom stereocenters. The van der Waals surface area contributed by atoms with Crippen LogP contribution in [0.1, 0.15) is 22.3 Å². The minimum atomic E-state index is -0.816. The van der Waals surface area contributed by atoms with Crippen LogP contribution in [0, 0.1) is 11.6 Å². The SMILES string of the molecule is OC[C@@H]1O[C@H](CN(Cc2ccc(F)cc2)Cc2ccc(F)cc2)[C@H](N2CCc3ccccc3C2)[C@@H]1O. The van der Waals surface area contributed by atoms with Gasteiger partial charge in [-0.05, 0) is 52.9 Å². The summed E-state index contributed by atoms with van der Waals surface area (Å²) in [5, 5.41) is 21.0. The third kappa shape index (κ3) is 5.66. The first-order chi connectivity index (χ1) is 17.5. The average Bonchev–Trinajstić information content (AvgIpc) is 3.21. The molecule has 3 aromatic rings. The van der Waals surface area contributed by atoms with E-state index in [1.165, 1.54) is 35.4 Å². The molecule has 2 heterocycles. The lowest BCUT2D eigenvalue weighted by molar-refractivity contribution is -0.0326. The molecule has 5 nitrogen and oxygen atoms in total. The predicted octanol–water partition coefficient (Wildman–Crippen LogP) is 3.51. The van der Waals surface area contributed by atoms with E-state index in [0.717, 1.165) is 24.1 Å². The van der Waals surface area contributed by atoms with Crippen LogP contribution >= 0.6 is 0 Å². The van der Waals surface area contributed by atoms with E-state index in [4.69, 9.17) is 4.74 Å². The zero-order chi connectivity index (χ0) is 25.1. The maximum absolute atomic E-state index is 13.5. The van der Waals surface area contributed by atoms with Crippen LogP contribution in [-0.4, -0.2) is 64.1 Å². The molecule has 0 aliphatic carbocycles. The van der Waals surface area contributed by atoms with Crippen LogP contribution in [0.3, 0.4) is 0 Å². The molecule has 2 aliphatic rings. The zero-order valence-electron chi connectivity index (χ0n) is 20.1. The van der Waals surface area contributed by atoms with E-state index < -0.39 is 12.2 Å². The number of fused-ring (bicyclic) bond motifs is 1. The van der Waals surface area contributed by atoms with Crippen molar-refractivity contribution in [1.82, 2.24) is 9.80 Å². The highest BCUT2D eigenvalue weighted by Gasteiger charge is 2.47. The van der Waals surface area contributed by atoms with Gasteiger partial charge in [-0.25, -0.2) is 8.78 Å². The summed E-state index contributed by atoms with van der Waals surface area (Å²) in [4.78, 5) is 4.43. The number of hydrogen-bond donors (Lipinski definition) is 2. The number of aliphatic hydroxyl groups excluding tert-OH is 2. The molecule has 0 bridgehead atoms. The first kappa shape index (κ1) is 25.0. The second kappa shape index (κ2) is 11.2. The molecule has 0 spiro atoms. The largest absolute Gasteiger partial charge is 0.394 e. The molecule has 0 radical (unpaired) electrons. The number of aliphatic hydroxyl groups is 2. The Hall–Kier alpha value is -2.68. The van der Waals surface area contributed by atoms with Gasteiger partial charge in [-0.2, -0.15) is 0 Å². The quantitative estimate of drug-likeness (QED) is 0.502. The minimum absolute atomic E-state index is 0.255. The van der Waals surface area contributed by atoms with Crippen LogP contribution in [-0.2, 0) is 30.8 Å². The summed E-state index contributed by atoms with van der Waals surface area (Å²) < 4.78 is 33.2. The molecule has 7 heteroatoms. The topological polar surface area (TPSA) is 56.2 Å². The fraction of sp³-hybridized carbons (Fsp3) is 0.379. The smallest absolute Gasteiger partial charge is 0.123 e. The molecular weight excluding hydrogens is 462 g/mol. The number of nitrogens with zero attached hydrogens (tertiary/aromatic N) is 2. The number of halogens is 2. The molecular formula is C29H32F2N2O3. The summed E-state index contributed by atoms with van der Waals surface area (Å²) in [6.45, 7) is 2.82. The molecule has 2 aliphatic heterocycles. The molecule has 190 valence electrons. The van der Waals surface area contributed by atoms with E-state index >= 15 is 0 Å². The highest BCUT2D eigenvalue weighted by Crippen LogP contribution is 2.31. The number of ether oxygens (including phenoxy) is 1. The van der Waals surface area contributed by atoms with Gasteiger partial charge in [0, 0.05) is 32.7 Å². The first-order valence-corrected chi connectivity index (χ1v) is 12.5. The van der Waals surface area contributed by atoms with Crippen molar-refractivity contribution in [2.24, 2.45) is 0 Å². The van der Waals surface area contributed by atoms with Crippen molar-refractivity contribution in [2.45, 2.75) is 50.4 Å². The average molecular weight is 495 g/mol. The van der Waals surface area contributed by atoms with Gasteiger partial charge in [-0.3, -0.25) is 9.80 Å². The molecule has 1 saturated heterocycles. The highest BCUT2D eigenvalue weighted by molar-refractivity contribution is 5.29. The second-order valence-corrected chi connectivity index (χ2v) is 9.79. The van der Waals surface area contributed by atoms with Gasteiger partial charge >= 0.3 is 0 Å². The van der Waals surface area contributed by atoms with Crippen molar-refractivity contribution in [3.05, 3.63) is 107 Å². The maximum atomic E-state index is 13.5. The molecule has 1 fully saturated rings. The van der Waals surface area contributed by atoms with Gasteiger partial charge in [0.1, 0.15) is 23.8 Å². The maximum Gasteiger partial charge on any atom is 0.123 e. The Balaban J connectivity index is 1.38. The monoisotopic (exact) mass is 494 g/mol. The van der Waals surface area contributed by atoms with Gasteiger partial charge in [0.05, 0.1) is 18.8 Å². The van der Waals surface area contributed by atoms with E-state index in [9.17, 15) is 19.0 Å². The summed E-state index contributed by atoms with van der Waals surface area (Å²) in [5.74, 6) is -0.579. The van der Waals surface area contributed by atoms with Gasteiger partial charge in [-0.1, -0.05) is 48.5 Å². The van der Waals surface area contributed by atoms with Gasteiger partial charge in [-0.15, -0.1) is 0 Å². The number of rotatable bonds is 8. The van der Waals surface area contributed by atoms with E-state index in [2.05, 4.69) is 28.0 Å². The molecule has 3 aromatic carbocycles. The fourth-order valence-corrected chi connectivity index (χ4v) is 5.49. The molecule has 0 aromatic heterocycles. The Morgan fingerprint density at radius 2 is 1.42 bits per heavy atom. The van der Waals surface area contributed by atoms with Gasteiger partial charge in [0.2, 0.25) is 0 Å². The Morgan fingerprint density at radius 3 is 2.00 bits per heavy atom. The second-order valence-electron chi connectivity index (χ2n) is 9.79. The van der Waals surface area contributed by atoms with E-state index in [1.54, 1.807) is 24.3 Å². The van der Waals surface area contributed by atoms with Crippen LogP contribution in [0.2, 0.25) is 0 Å². The summed E-state index contributed by atoms with van der Waals surface area (Å²) in [5.41, 5.74) is 4.46. The van der Waals surface area contributed by atoms with Crippen LogP contribution in [0.25, 0.3) is 0 Å². The molecule has 36 heavy (non-hydrogen) atoms. The van der Waals surface area contributed by atoms with Crippen molar-refractivity contribution in [1.29, 1.82) is 0 Å². The summed E-state index contributed by atoms with van der Waals surface area (Å²) >= 11 is 0. The van der Waals surface area contributed by atoms with E-state index in [1.807, 2.05) is 6.07 Å². The van der Waals surface area contributed by atoms with Crippen LogP contribution in [0.5, 0.6) is 0 Å². The first-order valence-electron chi connectivity index (χ1n) is 12.5. The third-order valence-corrected chi connectivity index (χ3v) is 7.30. The van der Waals surface area contributed by atoms with E-state index in [0.29, 0.717) is 26.2 Å². The van der Waals surface area contributed by atoms with Crippen molar-refractivity contribution >= 4 is 0 Å². The van der Waals surface area contributed by atoms with Crippen molar-refractivity contribution in [3.8, 4) is 0 Å². The zero-order valence-corrected chi connectivity index (χ0v) is 20.1. The molecule has 0 saturated carbocycles. The van der Waals surface area contributed by atoms with Crippen molar-refractivity contribution < 1.29 is 23.7 Å². The summed E-state index contributed by atoms with van der Waals surface area (Å²) in [7, 11) is 0. The molecule has 0 amide bonds. The van der Waals surface area contributed by atoms with E-state index in [-0.39, 0.29) is 30.4 Å². The fourth-order valence-electron chi connectivity index (χ4n) is 5.49. The van der Waals surface area contributed by atoms with Crippen molar-refractivity contribution in [3.63, 3.8) is 0 Å². The lowest BCUT2D eigenvalue weighted by atomic mass is 9.95. The van der Waals surface area contributed by atoms with Crippen LogP contribution in [0.4, 0.5) is 8.78 Å². The lowest BCUT2D eigenvalue weighted by Gasteiger charge is -2.38. The number of benzene rings is 3. The normalized spacial score (nSPS) is 24.2. The number of hydrogen-bond acceptors (Lipinski definition) is 5. The highest BCUT2D eigenvalue weighted by atomic mass is 19.1. The van der Waals surface area contributed by atoms with Gasteiger partial charge in [0.25, 0.3) is 0 Å². The molecule has 2 N–H and O–H groups in total. The lowest BCUT2D eigenvalue weighted by Crippen LogP contribution is -2.52. The Morgan fingerprint density at radius 1 is 0.833 bits per heavy atom. The van der Waals surface area contributed by atoms with Gasteiger partial charge in [0.15, 0.2) is 0 Å². The molecule has 4 atom stereocenters. The van der Waals surface area contributed by atoms with Crippen LogP contribution < -0.4 is 0 Å². The van der Waals surface area contributed by atoms with Crippen molar-refractivity contribution in [2.75, 3.05) is 19.7 Å². The third-order valence-electron chi connectivity index (χ3n) is 7.30. The Kier molecular flexibility index (Phi) is 7.74. The standard InChI is InChI=1S/C29H32F2N2O3/c30-24-9-5-20(6-10-24)15-32(16-21-7-11-25(31)12-8-21)18-26-28(29(35)27(19-34)36-26)33-14-13-22-3-1-2-4-23(22)17-33/h1-12,26-29,34-35H,13-19H2/t26-,27+,28+,29-/m1/s1. The molecule has 5 rings (SSSR count). The predicted molar refractivity (Wildman–Crippen MR) is 133 cm³/mol. The Bertz CT molecular complexity index is 1090. The minimum Gasteiger partial charge on any atom is -0.394 e. The van der Waals surface area contributed by atoms with Crippen LogP contribution in [0.15, 0.2) is 72.8 Å². The summed E-state index contributed by atoms with van der Waals surface area (Å²) in [6, 6.07) is 20.9. The summed E-state index contributed by atoms with van der Waals surface area (Å²) in [6.07, 6.45) is -0.923.